The van der Waals surface area contributed by atoms with Crippen LogP contribution in [0.3, 0.4) is 0 Å². The molecule has 0 spiro atoms. The molecular formula is C17H17NO5. The van der Waals surface area contributed by atoms with E-state index in [0.29, 0.717) is 17.5 Å². The maximum Gasteiger partial charge on any atom is 0.338 e. The minimum absolute atomic E-state index is 0.0141. The molecule has 2 aromatic rings. The number of ether oxygens (including phenoxy) is 2. The summed E-state index contributed by atoms with van der Waals surface area (Å²) >= 11 is 0. The van der Waals surface area contributed by atoms with Crippen LogP contribution in [0.5, 0.6) is 5.75 Å². The number of methoxy groups -OCH3 is 1. The van der Waals surface area contributed by atoms with Gasteiger partial charge in [-0.2, -0.15) is 0 Å². The molecule has 2 rings (SSSR count). The number of nitro groups is 1. The number of carbonyl (C=O) groups is 1. The van der Waals surface area contributed by atoms with E-state index < -0.39 is 10.9 Å². The molecule has 120 valence electrons. The Morgan fingerprint density at radius 1 is 1.17 bits per heavy atom. The van der Waals surface area contributed by atoms with Gasteiger partial charge in [-0.3, -0.25) is 10.1 Å². The Morgan fingerprint density at radius 3 is 2.43 bits per heavy atom. The monoisotopic (exact) mass is 315 g/mol. The molecule has 0 bridgehead atoms. The summed E-state index contributed by atoms with van der Waals surface area (Å²) < 4.78 is 10.3. The molecule has 0 N–H and O–H groups in total. The van der Waals surface area contributed by atoms with E-state index in [1.165, 1.54) is 18.2 Å². The second kappa shape index (κ2) is 7.40. The first-order chi connectivity index (χ1) is 11.0. The van der Waals surface area contributed by atoms with Crippen LogP contribution in [0, 0.1) is 17.0 Å². The van der Waals surface area contributed by atoms with Crippen LogP contribution in [-0.2, 0) is 11.2 Å². The van der Waals surface area contributed by atoms with Gasteiger partial charge in [-0.1, -0.05) is 12.1 Å². The number of nitrogens with zero attached hydrogens (tertiary/aromatic N) is 1. The molecule has 0 aromatic heterocycles. The standard InChI is InChI=1S/C17H17NO5/c1-12-11-14(5-8-16(12)18(20)21)17(19)23-10-9-13-3-6-15(22-2)7-4-13/h3-8,11H,9-10H2,1-2H3. The van der Waals surface area contributed by atoms with E-state index in [-0.39, 0.29) is 12.3 Å². The van der Waals surface area contributed by atoms with Gasteiger partial charge < -0.3 is 9.47 Å². The van der Waals surface area contributed by atoms with Crippen LogP contribution in [-0.4, -0.2) is 24.6 Å². The lowest BCUT2D eigenvalue weighted by Crippen LogP contribution is -2.08. The Kier molecular flexibility index (Phi) is 5.30. The van der Waals surface area contributed by atoms with Gasteiger partial charge in [0.05, 0.1) is 24.2 Å². The van der Waals surface area contributed by atoms with Gasteiger partial charge in [-0.15, -0.1) is 0 Å². The van der Waals surface area contributed by atoms with Crippen LogP contribution in [0.25, 0.3) is 0 Å². The minimum Gasteiger partial charge on any atom is -0.497 e. The highest BCUT2D eigenvalue weighted by molar-refractivity contribution is 5.90. The number of nitro benzene ring substituents is 1. The zero-order valence-electron chi connectivity index (χ0n) is 12.9. The van der Waals surface area contributed by atoms with Crippen molar-refractivity contribution >= 4 is 11.7 Å². The quantitative estimate of drug-likeness (QED) is 0.464. The maximum absolute atomic E-state index is 12.0. The number of carbonyl (C=O) groups excluding carboxylic acids is 1. The summed E-state index contributed by atoms with van der Waals surface area (Å²) in [6, 6.07) is 11.7. The van der Waals surface area contributed by atoms with Crippen molar-refractivity contribution in [2.24, 2.45) is 0 Å². The maximum atomic E-state index is 12.0. The predicted octanol–water partition coefficient (Wildman–Crippen LogP) is 3.31. The topological polar surface area (TPSA) is 78.7 Å². The van der Waals surface area contributed by atoms with Crippen molar-refractivity contribution in [3.05, 3.63) is 69.3 Å². The summed E-state index contributed by atoms with van der Waals surface area (Å²) in [5.41, 5.74) is 1.75. The van der Waals surface area contributed by atoms with Crippen molar-refractivity contribution in [2.45, 2.75) is 13.3 Å². The molecule has 0 heterocycles. The molecule has 2 aromatic carbocycles. The molecule has 6 heteroatoms. The van der Waals surface area contributed by atoms with Gasteiger partial charge in [-0.05, 0) is 36.8 Å². The molecular weight excluding hydrogens is 298 g/mol. The van der Waals surface area contributed by atoms with Crippen molar-refractivity contribution in [3.63, 3.8) is 0 Å². The molecule has 0 aliphatic rings. The summed E-state index contributed by atoms with van der Waals surface area (Å²) in [6.45, 7) is 1.83. The number of rotatable bonds is 6. The SMILES string of the molecule is COc1ccc(CCOC(=O)c2ccc([N+](=O)[O-])c(C)c2)cc1. The fourth-order valence-corrected chi connectivity index (χ4v) is 2.12. The van der Waals surface area contributed by atoms with Crippen LogP contribution in [0.15, 0.2) is 42.5 Å². The largest absolute Gasteiger partial charge is 0.497 e. The number of benzene rings is 2. The zero-order chi connectivity index (χ0) is 16.8. The fraction of sp³-hybridized carbons (Fsp3) is 0.235. The van der Waals surface area contributed by atoms with Gasteiger partial charge in [0.2, 0.25) is 0 Å². The summed E-state index contributed by atoms with van der Waals surface area (Å²) in [6.07, 6.45) is 0.585. The Morgan fingerprint density at radius 2 is 1.87 bits per heavy atom. The van der Waals surface area contributed by atoms with E-state index in [0.717, 1.165) is 11.3 Å². The van der Waals surface area contributed by atoms with Crippen molar-refractivity contribution in [1.29, 1.82) is 0 Å². The van der Waals surface area contributed by atoms with Crippen LogP contribution in [0.1, 0.15) is 21.5 Å². The lowest BCUT2D eigenvalue weighted by Gasteiger charge is -2.06. The summed E-state index contributed by atoms with van der Waals surface area (Å²) in [5, 5.41) is 10.8. The molecule has 0 saturated carbocycles. The van der Waals surface area contributed by atoms with Gasteiger partial charge in [-0.25, -0.2) is 4.79 Å². The molecule has 0 aliphatic carbocycles. The van der Waals surface area contributed by atoms with E-state index in [2.05, 4.69) is 0 Å². The Balaban J connectivity index is 1.91. The molecule has 0 amide bonds. The van der Waals surface area contributed by atoms with Crippen LogP contribution < -0.4 is 4.74 Å². The number of hydrogen-bond acceptors (Lipinski definition) is 5. The van der Waals surface area contributed by atoms with E-state index in [1.807, 2.05) is 24.3 Å². The Labute approximate surface area is 133 Å². The van der Waals surface area contributed by atoms with Crippen molar-refractivity contribution in [1.82, 2.24) is 0 Å². The number of esters is 1. The average Bonchev–Trinajstić information content (AvgIpc) is 2.55. The number of aryl methyl sites for hydroxylation is 1. The van der Waals surface area contributed by atoms with Crippen LogP contribution in [0.2, 0.25) is 0 Å². The van der Waals surface area contributed by atoms with Gasteiger partial charge in [0.1, 0.15) is 5.75 Å². The second-order valence-corrected chi connectivity index (χ2v) is 4.99. The van der Waals surface area contributed by atoms with Gasteiger partial charge in [0.25, 0.3) is 5.69 Å². The third-order valence-corrected chi connectivity index (χ3v) is 3.41. The van der Waals surface area contributed by atoms with Crippen molar-refractivity contribution in [2.75, 3.05) is 13.7 Å². The van der Waals surface area contributed by atoms with Crippen molar-refractivity contribution in [3.8, 4) is 5.75 Å². The second-order valence-electron chi connectivity index (χ2n) is 4.99. The molecule has 0 radical (unpaired) electrons. The summed E-state index contributed by atoms with van der Waals surface area (Å²) in [5.74, 6) is 0.281. The molecule has 0 atom stereocenters. The van der Waals surface area contributed by atoms with Gasteiger partial charge >= 0.3 is 5.97 Å². The van der Waals surface area contributed by atoms with Gasteiger partial charge in [0.15, 0.2) is 0 Å². The van der Waals surface area contributed by atoms with Gasteiger partial charge in [0, 0.05) is 18.1 Å². The lowest BCUT2D eigenvalue weighted by atomic mass is 10.1. The van der Waals surface area contributed by atoms with E-state index >= 15 is 0 Å². The molecule has 0 saturated heterocycles. The normalized spacial score (nSPS) is 10.2. The molecule has 0 fully saturated rings. The molecule has 0 unspecified atom stereocenters. The minimum atomic E-state index is -0.489. The fourth-order valence-electron chi connectivity index (χ4n) is 2.12. The smallest absolute Gasteiger partial charge is 0.338 e. The average molecular weight is 315 g/mol. The lowest BCUT2D eigenvalue weighted by molar-refractivity contribution is -0.385. The highest BCUT2D eigenvalue weighted by Crippen LogP contribution is 2.19. The molecule has 6 nitrogen and oxygen atoms in total. The first-order valence-electron chi connectivity index (χ1n) is 7.06. The third kappa shape index (κ3) is 4.29. The first-order valence-corrected chi connectivity index (χ1v) is 7.06. The predicted molar refractivity (Wildman–Crippen MR) is 84.8 cm³/mol. The highest BCUT2D eigenvalue weighted by atomic mass is 16.6. The zero-order valence-corrected chi connectivity index (χ0v) is 12.9. The molecule has 0 aliphatic heterocycles. The summed E-state index contributed by atoms with van der Waals surface area (Å²) in [7, 11) is 1.60. The van der Waals surface area contributed by atoms with E-state index in [4.69, 9.17) is 9.47 Å². The third-order valence-electron chi connectivity index (χ3n) is 3.41. The summed E-state index contributed by atoms with van der Waals surface area (Å²) in [4.78, 5) is 22.2. The van der Waals surface area contributed by atoms with Crippen LogP contribution >= 0.6 is 0 Å². The number of hydrogen-bond donors (Lipinski definition) is 0. The Hall–Kier alpha value is -2.89. The Bertz CT molecular complexity index is 709. The van der Waals surface area contributed by atoms with Crippen molar-refractivity contribution < 1.29 is 19.2 Å². The first kappa shape index (κ1) is 16.5. The van der Waals surface area contributed by atoms with E-state index in [1.54, 1.807) is 14.0 Å². The molecule has 23 heavy (non-hydrogen) atoms. The highest BCUT2D eigenvalue weighted by Gasteiger charge is 2.14. The van der Waals surface area contributed by atoms with E-state index in [9.17, 15) is 14.9 Å². The van der Waals surface area contributed by atoms with Crippen LogP contribution in [0.4, 0.5) is 5.69 Å².